The van der Waals surface area contributed by atoms with E-state index in [1.807, 2.05) is 6.07 Å². The molecule has 0 aliphatic carbocycles. The number of hydrogen-bond acceptors (Lipinski definition) is 6. The van der Waals surface area contributed by atoms with Crippen LogP contribution in [0, 0.1) is 0 Å². The van der Waals surface area contributed by atoms with E-state index in [4.69, 9.17) is 10.2 Å². The van der Waals surface area contributed by atoms with Crippen LogP contribution in [0.1, 0.15) is 6.42 Å². The molecule has 0 saturated carbocycles. The quantitative estimate of drug-likeness (QED) is 0.672. The number of benzene rings is 1. The maximum absolute atomic E-state index is 11.0. The highest BCUT2D eigenvalue weighted by atomic mass is 16.4. The van der Waals surface area contributed by atoms with Crippen molar-refractivity contribution in [2.45, 2.75) is 12.5 Å². The molecule has 2 aromatic rings. The number of hydrogen-bond donors (Lipinski definition) is 3. The lowest BCUT2D eigenvalue weighted by atomic mass is 10.2. The van der Waals surface area contributed by atoms with Crippen LogP contribution in [0.2, 0.25) is 0 Å². The van der Waals surface area contributed by atoms with Crippen molar-refractivity contribution < 1.29 is 19.8 Å². The van der Waals surface area contributed by atoms with Crippen molar-refractivity contribution >= 4 is 17.9 Å². The maximum Gasteiger partial charge on any atom is 0.326 e. The van der Waals surface area contributed by atoms with Gasteiger partial charge in [0, 0.05) is 0 Å². The maximum atomic E-state index is 11.0. The minimum absolute atomic E-state index is 0.0600. The van der Waals surface area contributed by atoms with Gasteiger partial charge in [-0.15, -0.1) is 0 Å². The fraction of sp³-hybridized carbons (Fsp3) is 0.182. The number of carboxylic acids is 2. The van der Waals surface area contributed by atoms with Gasteiger partial charge in [-0.1, -0.05) is 23.3 Å². The number of rotatable bonds is 6. The Morgan fingerprint density at radius 1 is 1.25 bits per heavy atom. The Balaban J connectivity index is 2.24. The molecule has 0 radical (unpaired) electrons. The third-order valence-electron chi connectivity index (χ3n) is 2.45. The lowest BCUT2D eigenvalue weighted by Gasteiger charge is -2.12. The van der Waals surface area contributed by atoms with E-state index in [-0.39, 0.29) is 5.95 Å². The predicted octanol–water partition coefficient (Wildman–Crippen LogP) is 0.00210. The van der Waals surface area contributed by atoms with Crippen LogP contribution >= 0.6 is 0 Å². The summed E-state index contributed by atoms with van der Waals surface area (Å²) in [5.41, 5.74) is 0.625. The Morgan fingerprint density at radius 3 is 2.55 bits per heavy atom. The first-order chi connectivity index (χ1) is 9.58. The van der Waals surface area contributed by atoms with E-state index in [0.29, 0.717) is 5.69 Å². The number of carbonyl (C=O) groups is 2. The molecule has 1 heterocycles. The normalized spacial score (nSPS) is 11.8. The van der Waals surface area contributed by atoms with Crippen molar-refractivity contribution in [1.82, 2.24) is 20.2 Å². The van der Waals surface area contributed by atoms with E-state index in [0.717, 1.165) is 0 Å². The number of carboxylic acid groups (broad SMARTS) is 2. The van der Waals surface area contributed by atoms with Crippen LogP contribution in [-0.2, 0) is 9.59 Å². The topological polar surface area (TPSA) is 130 Å². The summed E-state index contributed by atoms with van der Waals surface area (Å²) in [5.74, 6) is -2.47. The summed E-state index contributed by atoms with van der Waals surface area (Å²) in [4.78, 5) is 21.6. The lowest BCUT2D eigenvalue weighted by molar-refractivity contribution is -0.144. The zero-order chi connectivity index (χ0) is 14.5. The van der Waals surface area contributed by atoms with Gasteiger partial charge in [0.1, 0.15) is 6.04 Å². The Morgan fingerprint density at radius 2 is 1.95 bits per heavy atom. The monoisotopic (exact) mass is 277 g/mol. The summed E-state index contributed by atoms with van der Waals surface area (Å²) in [6, 6.07) is 7.49. The number of tetrazole rings is 1. The van der Waals surface area contributed by atoms with Gasteiger partial charge >= 0.3 is 11.9 Å². The fourth-order valence-electron chi connectivity index (χ4n) is 1.55. The fourth-order valence-corrected chi connectivity index (χ4v) is 1.55. The van der Waals surface area contributed by atoms with Crippen molar-refractivity contribution in [3.05, 3.63) is 30.3 Å². The molecule has 1 unspecified atom stereocenters. The molecule has 1 aromatic carbocycles. The molecule has 9 nitrogen and oxygen atoms in total. The van der Waals surface area contributed by atoms with Crippen LogP contribution in [-0.4, -0.2) is 48.4 Å². The van der Waals surface area contributed by atoms with Crippen LogP contribution in [0.3, 0.4) is 0 Å². The largest absolute Gasteiger partial charge is 0.481 e. The molecule has 104 valence electrons. The Kier molecular flexibility index (Phi) is 3.89. The molecule has 20 heavy (non-hydrogen) atoms. The number of aliphatic carboxylic acids is 2. The highest BCUT2D eigenvalue weighted by Gasteiger charge is 2.23. The van der Waals surface area contributed by atoms with Gasteiger partial charge in [-0.3, -0.25) is 4.79 Å². The van der Waals surface area contributed by atoms with Crippen molar-refractivity contribution in [2.24, 2.45) is 0 Å². The molecule has 0 bridgehead atoms. The molecule has 9 heteroatoms. The van der Waals surface area contributed by atoms with Crippen LogP contribution in [0.5, 0.6) is 0 Å². The number of nitrogens with zero attached hydrogens (tertiary/aromatic N) is 4. The zero-order valence-corrected chi connectivity index (χ0v) is 10.2. The standard InChI is InChI=1S/C11H11N5O4/c17-9(18)6-8(10(19)20)12-11-13-14-15-16(11)7-4-2-1-3-5-7/h1-5,8H,6H2,(H,17,18)(H,19,20)(H,12,13,15). The first-order valence-corrected chi connectivity index (χ1v) is 5.63. The molecule has 2 rings (SSSR count). The molecule has 0 amide bonds. The molecular formula is C11H11N5O4. The van der Waals surface area contributed by atoms with Gasteiger partial charge in [0.25, 0.3) is 0 Å². The SMILES string of the molecule is O=C(O)CC(Nc1nnnn1-c1ccccc1)C(=O)O. The Labute approximate surface area is 112 Å². The summed E-state index contributed by atoms with van der Waals surface area (Å²) >= 11 is 0. The smallest absolute Gasteiger partial charge is 0.326 e. The van der Waals surface area contributed by atoms with E-state index in [9.17, 15) is 9.59 Å². The summed E-state index contributed by atoms with van der Waals surface area (Å²) in [6.45, 7) is 0. The van der Waals surface area contributed by atoms with Crippen LogP contribution in [0.15, 0.2) is 30.3 Å². The minimum atomic E-state index is -1.32. The average Bonchev–Trinajstić information content (AvgIpc) is 2.86. The van der Waals surface area contributed by atoms with Crippen LogP contribution in [0.4, 0.5) is 5.95 Å². The molecule has 0 fully saturated rings. The van der Waals surface area contributed by atoms with Gasteiger partial charge < -0.3 is 15.5 Å². The molecule has 1 atom stereocenters. The van der Waals surface area contributed by atoms with Crippen LogP contribution in [0.25, 0.3) is 5.69 Å². The van der Waals surface area contributed by atoms with Gasteiger partial charge in [0.05, 0.1) is 12.1 Å². The predicted molar refractivity (Wildman–Crippen MR) is 66.5 cm³/mol. The summed E-state index contributed by atoms with van der Waals surface area (Å²) in [5, 5.41) is 31.0. The van der Waals surface area contributed by atoms with Crippen molar-refractivity contribution in [3.63, 3.8) is 0 Å². The average molecular weight is 277 g/mol. The molecule has 0 spiro atoms. The molecule has 0 aliphatic heterocycles. The molecule has 0 aliphatic rings. The molecule has 1 aromatic heterocycles. The summed E-state index contributed by atoms with van der Waals surface area (Å²) < 4.78 is 1.29. The van der Waals surface area contributed by atoms with E-state index in [1.54, 1.807) is 24.3 Å². The number of aromatic nitrogens is 4. The zero-order valence-electron chi connectivity index (χ0n) is 10.2. The van der Waals surface area contributed by atoms with Gasteiger partial charge in [-0.2, -0.15) is 4.68 Å². The third kappa shape index (κ3) is 3.07. The Hall–Kier alpha value is -2.97. The molecular weight excluding hydrogens is 266 g/mol. The molecule has 3 N–H and O–H groups in total. The van der Waals surface area contributed by atoms with Gasteiger partial charge in [0.2, 0.25) is 5.95 Å². The van der Waals surface area contributed by atoms with Gasteiger partial charge in [-0.25, -0.2) is 4.79 Å². The number of anilines is 1. The summed E-state index contributed by atoms with van der Waals surface area (Å²) in [7, 11) is 0. The van der Waals surface area contributed by atoms with Crippen LogP contribution < -0.4 is 5.32 Å². The van der Waals surface area contributed by atoms with E-state index >= 15 is 0 Å². The van der Waals surface area contributed by atoms with Crippen molar-refractivity contribution in [1.29, 1.82) is 0 Å². The second-order valence-electron chi connectivity index (χ2n) is 3.88. The Bertz CT molecular complexity index is 612. The second-order valence-corrected chi connectivity index (χ2v) is 3.88. The number of para-hydroxylation sites is 1. The van der Waals surface area contributed by atoms with E-state index in [2.05, 4.69) is 20.8 Å². The molecule has 0 saturated heterocycles. The third-order valence-corrected chi connectivity index (χ3v) is 2.45. The highest BCUT2D eigenvalue weighted by molar-refractivity contribution is 5.82. The summed E-state index contributed by atoms with van der Waals surface area (Å²) in [6.07, 6.45) is -0.586. The van der Waals surface area contributed by atoms with Gasteiger partial charge in [-0.05, 0) is 22.6 Å². The highest BCUT2D eigenvalue weighted by Crippen LogP contribution is 2.12. The van der Waals surface area contributed by atoms with Crippen molar-refractivity contribution in [3.8, 4) is 5.69 Å². The van der Waals surface area contributed by atoms with E-state index < -0.39 is 24.4 Å². The first kappa shape index (κ1) is 13.5. The minimum Gasteiger partial charge on any atom is -0.481 e. The van der Waals surface area contributed by atoms with Gasteiger partial charge in [0.15, 0.2) is 0 Å². The first-order valence-electron chi connectivity index (χ1n) is 5.63. The second kappa shape index (κ2) is 5.78. The number of nitrogens with one attached hydrogen (secondary N) is 1. The van der Waals surface area contributed by atoms with E-state index in [1.165, 1.54) is 4.68 Å². The lowest BCUT2D eigenvalue weighted by Crippen LogP contribution is -2.33. The van der Waals surface area contributed by atoms with Crippen molar-refractivity contribution in [2.75, 3.05) is 5.32 Å².